The van der Waals surface area contributed by atoms with Gasteiger partial charge in [0.05, 0.1) is 6.04 Å². The summed E-state index contributed by atoms with van der Waals surface area (Å²) in [6, 6.07) is 6.04. The zero-order valence-electron chi connectivity index (χ0n) is 26.6. The SMILES string of the molecule is CC(=O)/C=C(\N)C(=O)NC(C(=O)N1CC(c2ccccc2)C[C@H]1C(=O)N[C@@H](C[C@@H]1CCNC1=O)C(=O)C(=O)N1CCCC1)C(C)C. The smallest absolute Gasteiger partial charge is 0.292 e. The summed E-state index contributed by atoms with van der Waals surface area (Å²) in [5.74, 6) is -5.27. The second-order valence-corrected chi connectivity index (χ2v) is 12.7. The van der Waals surface area contributed by atoms with Gasteiger partial charge >= 0.3 is 0 Å². The number of nitrogens with zero attached hydrogens (tertiary/aromatic N) is 2. The summed E-state index contributed by atoms with van der Waals surface area (Å²) in [7, 11) is 0. The molecule has 248 valence electrons. The molecule has 3 fully saturated rings. The van der Waals surface area contributed by atoms with Crippen molar-refractivity contribution in [2.75, 3.05) is 26.2 Å². The first kappa shape index (κ1) is 34.3. The van der Waals surface area contributed by atoms with E-state index in [-0.39, 0.29) is 36.9 Å². The Morgan fingerprint density at radius 1 is 1.04 bits per heavy atom. The Labute approximate surface area is 268 Å². The minimum atomic E-state index is -1.25. The summed E-state index contributed by atoms with van der Waals surface area (Å²) in [6.45, 7) is 6.22. The number of carbonyl (C=O) groups excluding carboxylic acids is 7. The molecule has 5 N–H and O–H groups in total. The Morgan fingerprint density at radius 3 is 2.30 bits per heavy atom. The van der Waals surface area contributed by atoms with E-state index < -0.39 is 65.2 Å². The molecule has 1 aromatic carbocycles. The molecule has 1 aromatic rings. The minimum Gasteiger partial charge on any atom is -0.394 e. The number of rotatable bonds is 12. The molecule has 3 aliphatic rings. The van der Waals surface area contributed by atoms with Gasteiger partial charge < -0.3 is 31.5 Å². The van der Waals surface area contributed by atoms with Crippen molar-refractivity contribution in [3.05, 3.63) is 47.7 Å². The van der Waals surface area contributed by atoms with Gasteiger partial charge in [-0.25, -0.2) is 0 Å². The highest BCUT2D eigenvalue weighted by molar-refractivity contribution is 6.38. The molecule has 13 nitrogen and oxygen atoms in total. The second-order valence-electron chi connectivity index (χ2n) is 12.7. The summed E-state index contributed by atoms with van der Waals surface area (Å²) < 4.78 is 0. The van der Waals surface area contributed by atoms with Crippen molar-refractivity contribution in [3.63, 3.8) is 0 Å². The van der Waals surface area contributed by atoms with Gasteiger partial charge in [0.15, 0.2) is 5.78 Å². The highest BCUT2D eigenvalue weighted by atomic mass is 16.2. The van der Waals surface area contributed by atoms with Crippen molar-refractivity contribution in [2.45, 2.75) is 76.9 Å². The van der Waals surface area contributed by atoms with E-state index in [1.165, 1.54) is 16.7 Å². The van der Waals surface area contributed by atoms with E-state index in [9.17, 15) is 33.6 Å². The summed E-state index contributed by atoms with van der Waals surface area (Å²) in [5.41, 5.74) is 6.34. The molecule has 0 aliphatic carbocycles. The van der Waals surface area contributed by atoms with Gasteiger partial charge in [-0.15, -0.1) is 0 Å². The third-order valence-corrected chi connectivity index (χ3v) is 8.92. The highest BCUT2D eigenvalue weighted by Gasteiger charge is 2.45. The topological polar surface area (TPSA) is 188 Å². The molecule has 0 saturated carbocycles. The molecule has 0 aromatic heterocycles. The van der Waals surface area contributed by atoms with Crippen molar-refractivity contribution in [2.24, 2.45) is 17.6 Å². The molecule has 3 heterocycles. The van der Waals surface area contributed by atoms with Crippen LogP contribution in [-0.4, -0.2) is 95.2 Å². The molecule has 46 heavy (non-hydrogen) atoms. The molecule has 2 unspecified atom stereocenters. The maximum absolute atomic E-state index is 14.1. The van der Waals surface area contributed by atoms with Crippen LogP contribution in [0.25, 0.3) is 0 Å². The Bertz CT molecular complexity index is 1390. The van der Waals surface area contributed by atoms with Crippen molar-refractivity contribution in [3.8, 4) is 0 Å². The molecule has 13 heteroatoms. The average molecular weight is 637 g/mol. The van der Waals surface area contributed by atoms with E-state index >= 15 is 0 Å². The molecule has 5 atom stereocenters. The summed E-state index contributed by atoms with van der Waals surface area (Å²) in [5, 5.41) is 8.10. The maximum atomic E-state index is 14.1. The second kappa shape index (κ2) is 15.2. The zero-order valence-corrected chi connectivity index (χ0v) is 26.6. The van der Waals surface area contributed by atoms with Gasteiger partial charge in [0.1, 0.15) is 17.8 Å². The predicted molar refractivity (Wildman–Crippen MR) is 168 cm³/mol. The van der Waals surface area contributed by atoms with Crippen LogP contribution < -0.4 is 21.7 Å². The van der Waals surface area contributed by atoms with Crippen LogP contribution in [0.5, 0.6) is 0 Å². The normalized spacial score (nSPS) is 22.7. The standard InChI is InChI=1S/C33H44N6O7/c1-19(2)27(37-30(43)24(34)15-20(3)40)32(45)39-18-23(21-9-5-4-6-10-21)17-26(39)31(44)36-25(16-22-11-12-35-29(22)42)28(41)33(46)38-13-7-8-14-38/h4-6,9-10,15,19,22-23,25-27H,7-8,11-14,16-18,34H2,1-3H3,(H,35,42)(H,36,44)(H,37,43)/b24-15-/t22-,23?,25-,26-,27?/m0/s1. The molecule has 0 radical (unpaired) electrons. The quantitative estimate of drug-likeness (QED) is 0.184. The number of carbonyl (C=O) groups is 7. The summed E-state index contributed by atoms with van der Waals surface area (Å²) in [4.78, 5) is 94.4. The summed E-state index contributed by atoms with van der Waals surface area (Å²) in [6.07, 6.45) is 3.20. The van der Waals surface area contributed by atoms with Gasteiger partial charge in [0.2, 0.25) is 23.5 Å². The number of ketones is 2. The first-order valence-electron chi connectivity index (χ1n) is 15.9. The number of hydrogen-bond donors (Lipinski definition) is 4. The zero-order chi connectivity index (χ0) is 33.5. The van der Waals surface area contributed by atoms with Gasteiger partial charge in [-0.1, -0.05) is 44.2 Å². The fourth-order valence-electron chi connectivity index (χ4n) is 6.38. The molecular weight excluding hydrogens is 592 g/mol. The third-order valence-electron chi connectivity index (χ3n) is 8.92. The van der Waals surface area contributed by atoms with Crippen LogP contribution in [0, 0.1) is 11.8 Å². The van der Waals surface area contributed by atoms with E-state index in [0.29, 0.717) is 26.1 Å². The van der Waals surface area contributed by atoms with E-state index in [1.54, 1.807) is 13.8 Å². The monoisotopic (exact) mass is 636 g/mol. The van der Waals surface area contributed by atoms with Gasteiger partial charge in [0.25, 0.3) is 11.8 Å². The number of nitrogens with one attached hydrogen (secondary N) is 3. The fourth-order valence-corrected chi connectivity index (χ4v) is 6.38. The van der Waals surface area contributed by atoms with E-state index in [2.05, 4.69) is 16.0 Å². The number of nitrogens with two attached hydrogens (primary N) is 1. The van der Waals surface area contributed by atoms with Crippen LogP contribution in [0.3, 0.4) is 0 Å². The molecule has 3 saturated heterocycles. The molecule has 5 amide bonds. The number of likely N-dealkylation sites (tertiary alicyclic amines) is 2. The van der Waals surface area contributed by atoms with Gasteiger partial charge in [0, 0.05) is 44.1 Å². The molecule has 0 bridgehead atoms. The van der Waals surface area contributed by atoms with E-state index in [4.69, 9.17) is 5.73 Å². The van der Waals surface area contributed by atoms with Crippen LogP contribution in [0.2, 0.25) is 0 Å². The molecular formula is C33H44N6O7. The van der Waals surface area contributed by atoms with E-state index in [1.807, 2.05) is 30.3 Å². The molecule has 4 rings (SSSR count). The van der Waals surface area contributed by atoms with Crippen LogP contribution >= 0.6 is 0 Å². The average Bonchev–Trinajstić information content (AvgIpc) is 3.80. The lowest BCUT2D eigenvalue weighted by Crippen LogP contribution is -2.58. The van der Waals surface area contributed by atoms with Crippen LogP contribution in [-0.2, 0) is 33.6 Å². The number of allylic oxidation sites excluding steroid dienone is 1. The number of benzene rings is 1. The maximum Gasteiger partial charge on any atom is 0.292 e. The summed E-state index contributed by atoms with van der Waals surface area (Å²) >= 11 is 0. The van der Waals surface area contributed by atoms with Crippen LogP contribution in [0.4, 0.5) is 0 Å². The van der Waals surface area contributed by atoms with Gasteiger partial charge in [-0.3, -0.25) is 33.6 Å². The number of hydrogen-bond acceptors (Lipinski definition) is 8. The van der Waals surface area contributed by atoms with Crippen molar-refractivity contribution < 1.29 is 33.6 Å². The lowest BCUT2D eigenvalue weighted by Gasteiger charge is -2.31. The molecule has 0 spiro atoms. The van der Waals surface area contributed by atoms with Gasteiger partial charge in [-0.2, -0.15) is 0 Å². The lowest BCUT2D eigenvalue weighted by atomic mass is 9.94. The largest absolute Gasteiger partial charge is 0.394 e. The van der Waals surface area contributed by atoms with Crippen LogP contribution in [0.15, 0.2) is 42.1 Å². The van der Waals surface area contributed by atoms with Gasteiger partial charge in [-0.05, 0) is 50.5 Å². The lowest BCUT2D eigenvalue weighted by molar-refractivity contribution is -0.147. The highest BCUT2D eigenvalue weighted by Crippen LogP contribution is 2.33. The minimum absolute atomic E-state index is 0.0365. The Morgan fingerprint density at radius 2 is 1.72 bits per heavy atom. The Kier molecular flexibility index (Phi) is 11.3. The predicted octanol–water partition coefficient (Wildman–Crippen LogP) is 0.146. The Balaban J connectivity index is 1.61. The van der Waals surface area contributed by atoms with Crippen molar-refractivity contribution in [1.29, 1.82) is 0 Å². The third kappa shape index (κ3) is 8.18. The van der Waals surface area contributed by atoms with E-state index in [0.717, 1.165) is 24.5 Å². The van der Waals surface area contributed by atoms with Crippen molar-refractivity contribution in [1.82, 2.24) is 25.8 Å². The van der Waals surface area contributed by atoms with Crippen LogP contribution in [0.1, 0.15) is 64.4 Å². The first-order valence-corrected chi connectivity index (χ1v) is 15.9. The van der Waals surface area contributed by atoms with Crippen molar-refractivity contribution >= 4 is 41.1 Å². The Hall–Kier alpha value is -4.55. The molecule has 3 aliphatic heterocycles. The fraction of sp³-hybridized carbons (Fsp3) is 0.545. The number of amides is 5. The number of Topliss-reactive ketones (excluding diaryl/α,β-unsaturated/α-hetero) is 1. The first-order chi connectivity index (χ1) is 21.9.